The molecule has 23 heavy (non-hydrogen) atoms. The number of piperidine rings is 1. The van der Waals surface area contributed by atoms with Crippen LogP contribution < -0.4 is 5.32 Å². The highest BCUT2D eigenvalue weighted by atomic mass is 16.5. The van der Waals surface area contributed by atoms with E-state index in [2.05, 4.69) is 15.5 Å². The van der Waals surface area contributed by atoms with Crippen LogP contribution in [0.4, 0.5) is 4.79 Å². The van der Waals surface area contributed by atoms with Gasteiger partial charge in [-0.05, 0) is 19.3 Å². The van der Waals surface area contributed by atoms with Crippen LogP contribution in [0.3, 0.4) is 0 Å². The van der Waals surface area contributed by atoms with Gasteiger partial charge in [-0.3, -0.25) is 0 Å². The number of methoxy groups -OCH3 is 1. The molecule has 0 aliphatic carbocycles. The van der Waals surface area contributed by atoms with E-state index >= 15 is 0 Å². The van der Waals surface area contributed by atoms with E-state index < -0.39 is 0 Å². The predicted molar refractivity (Wildman–Crippen MR) is 83.2 cm³/mol. The SMILES string of the molecule is COCCCNC(=O)N1CCCC(OCCc2noc(C)n2)C1. The average Bonchev–Trinajstić information content (AvgIpc) is 2.97. The highest BCUT2D eigenvalue weighted by Gasteiger charge is 2.23. The van der Waals surface area contributed by atoms with Crippen molar-refractivity contribution in [1.82, 2.24) is 20.4 Å². The summed E-state index contributed by atoms with van der Waals surface area (Å²) in [7, 11) is 1.66. The zero-order chi connectivity index (χ0) is 16.5. The molecule has 2 rings (SSSR count). The first-order chi connectivity index (χ1) is 11.2. The number of nitrogens with zero attached hydrogens (tertiary/aromatic N) is 3. The van der Waals surface area contributed by atoms with Crippen molar-refractivity contribution in [2.24, 2.45) is 0 Å². The normalized spacial score (nSPS) is 18.2. The van der Waals surface area contributed by atoms with Gasteiger partial charge in [0.05, 0.1) is 12.7 Å². The van der Waals surface area contributed by atoms with Crippen LogP contribution in [0.2, 0.25) is 0 Å². The second-order valence-corrected chi connectivity index (χ2v) is 5.64. The fourth-order valence-electron chi connectivity index (χ4n) is 2.54. The number of carbonyl (C=O) groups excluding carboxylic acids is 1. The van der Waals surface area contributed by atoms with E-state index in [1.54, 1.807) is 14.0 Å². The molecular formula is C15H26N4O4. The number of urea groups is 1. The number of nitrogens with one attached hydrogen (secondary N) is 1. The Morgan fingerprint density at radius 1 is 1.48 bits per heavy atom. The van der Waals surface area contributed by atoms with E-state index in [-0.39, 0.29) is 12.1 Å². The van der Waals surface area contributed by atoms with E-state index in [0.717, 1.165) is 25.8 Å². The van der Waals surface area contributed by atoms with E-state index in [4.69, 9.17) is 14.0 Å². The second-order valence-electron chi connectivity index (χ2n) is 5.64. The summed E-state index contributed by atoms with van der Waals surface area (Å²) >= 11 is 0. The predicted octanol–water partition coefficient (Wildman–Crippen LogP) is 1.15. The molecule has 1 unspecified atom stereocenters. The minimum Gasteiger partial charge on any atom is -0.385 e. The van der Waals surface area contributed by atoms with Gasteiger partial charge in [-0.1, -0.05) is 5.16 Å². The molecule has 1 aliphatic heterocycles. The Labute approximate surface area is 136 Å². The molecule has 1 saturated heterocycles. The molecule has 1 aromatic heterocycles. The number of hydrogen-bond donors (Lipinski definition) is 1. The molecule has 0 spiro atoms. The van der Waals surface area contributed by atoms with E-state index in [1.165, 1.54) is 0 Å². The molecule has 0 aromatic carbocycles. The lowest BCUT2D eigenvalue weighted by Gasteiger charge is -2.32. The lowest BCUT2D eigenvalue weighted by molar-refractivity contribution is 0.0105. The summed E-state index contributed by atoms with van der Waals surface area (Å²) in [6.07, 6.45) is 3.44. The molecule has 8 nitrogen and oxygen atoms in total. The summed E-state index contributed by atoms with van der Waals surface area (Å²) in [5.74, 6) is 1.22. The second kappa shape index (κ2) is 9.46. The van der Waals surface area contributed by atoms with Gasteiger partial charge in [0.15, 0.2) is 5.82 Å². The van der Waals surface area contributed by atoms with Gasteiger partial charge in [-0.2, -0.15) is 4.98 Å². The molecule has 0 saturated carbocycles. The van der Waals surface area contributed by atoms with Gasteiger partial charge in [-0.25, -0.2) is 4.79 Å². The molecule has 1 atom stereocenters. The zero-order valence-corrected chi connectivity index (χ0v) is 13.9. The number of rotatable bonds is 8. The molecule has 0 radical (unpaired) electrons. The third-order valence-electron chi connectivity index (χ3n) is 3.72. The first kappa shape index (κ1) is 17.7. The third kappa shape index (κ3) is 6.15. The first-order valence-corrected chi connectivity index (χ1v) is 8.11. The highest BCUT2D eigenvalue weighted by molar-refractivity contribution is 5.74. The topological polar surface area (TPSA) is 89.7 Å². The van der Waals surface area contributed by atoms with Crippen LogP contribution in [-0.4, -0.2) is 67.1 Å². The minimum absolute atomic E-state index is 0.0248. The average molecular weight is 326 g/mol. The summed E-state index contributed by atoms with van der Waals surface area (Å²) in [6, 6.07) is -0.0248. The number of amides is 2. The van der Waals surface area contributed by atoms with Gasteiger partial charge in [0, 0.05) is 46.7 Å². The molecule has 130 valence electrons. The number of ether oxygens (including phenoxy) is 2. The van der Waals surface area contributed by atoms with E-state index in [9.17, 15) is 4.79 Å². The number of aromatic nitrogens is 2. The maximum Gasteiger partial charge on any atom is 0.317 e. The van der Waals surface area contributed by atoms with Crippen molar-refractivity contribution >= 4 is 6.03 Å². The van der Waals surface area contributed by atoms with Gasteiger partial charge >= 0.3 is 6.03 Å². The molecule has 1 aliphatic rings. The standard InChI is InChI=1S/C15H26N4O4/c1-12-17-14(18-23-12)6-10-22-13-5-3-8-19(11-13)15(20)16-7-4-9-21-2/h13H,3-11H2,1-2H3,(H,16,20). The summed E-state index contributed by atoms with van der Waals surface area (Å²) in [5, 5.41) is 6.75. The summed E-state index contributed by atoms with van der Waals surface area (Å²) in [6.45, 7) is 4.99. The first-order valence-electron chi connectivity index (χ1n) is 8.11. The van der Waals surface area contributed by atoms with Gasteiger partial charge in [0.25, 0.3) is 0 Å². The smallest absolute Gasteiger partial charge is 0.317 e. The van der Waals surface area contributed by atoms with Crippen LogP contribution in [0.1, 0.15) is 31.0 Å². The molecule has 8 heteroatoms. The van der Waals surface area contributed by atoms with Gasteiger partial charge in [-0.15, -0.1) is 0 Å². The molecule has 0 bridgehead atoms. The fourth-order valence-corrected chi connectivity index (χ4v) is 2.54. The van der Waals surface area contributed by atoms with E-state index in [0.29, 0.717) is 44.4 Å². The Hall–Kier alpha value is -1.67. The van der Waals surface area contributed by atoms with Crippen molar-refractivity contribution in [3.8, 4) is 0 Å². The van der Waals surface area contributed by atoms with Crippen molar-refractivity contribution in [1.29, 1.82) is 0 Å². The van der Waals surface area contributed by atoms with Gasteiger partial charge < -0.3 is 24.2 Å². The summed E-state index contributed by atoms with van der Waals surface area (Å²) < 4.78 is 15.7. The van der Waals surface area contributed by atoms with E-state index in [1.807, 2.05) is 4.90 Å². The van der Waals surface area contributed by atoms with Crippen LogP contribution in [0.5, 0.6) is 0 Å². The lowest BCUT2D eigenvalue weighted by atomic mass is 10.1. The number of hydrogen-bond acceptors (Lipinski definition) is 6. The number of carbonyl (C=O) groups is 1. The molecule has 2 heterocycles. The van der Waals surface area contributed by atoms with Gasteiger partial charge in [0.1, 0.15) is 0 Å². The minimum atomic E-state index is -0.0248. The Balaban J connectivity index is 1.65. The van der Waals surface area contributed by atoms with Crippen molar-refractivity contribution in [3.63, 3.8) is 0 Å². The Bertz CT molecular complexity index is 480. The van der Waals surface area contributed by atoms with Crippen LogP contribution in [0.15, 0.2) is 4.52 Å². The third-order valence-corrected chi connectivity index (χ3v) is 3.72. The van der Waals surface area contributed by atoms with Crippen molar-refractivity contribution in [3.05, 3.63) is 11.7 Å². The number of aryl methyl sites for hydroxylation is 1. The molecule has 1 aromatic rings. The molecule has 1 fully saturated rings. The van der Waals surface area contributed by atoms with Crippen LogP contribution in [0, 0.1) is 6.92 Å². The summed E-state index contributed by atoms with van der Waals surface area (Å²) in [4.78, 5) is 18.1. The van der Waals surface area contributed by atoms with Crippen molar-refractivity contribution < 1.29 is 18.8 Å². The monoisotopic (exact) mass is 326 g/mol. The fraction of sp³-hybridized carbons (Fsp3) is 0.800. The van der Waals surface area contributed by atoms with Crippen LogP contribution >= 0.6 is 0 Å². The largest absolute Gasteiger partial charge is 0.385 e. The zero-order valence-electron chi connectivity index (χ0n) is 13.9. The van der Waals surface area contributed by atoms with Crippen LogP contribution in [-0.2, 0) is 15.9 Å². The van der Waals surface area contributed by atoms with Crippen molar-refractivity contribution in [2.75, 3.05) is 40.0 Å². The van der Waals surface area contributed by atoms with Gasteiger partial charge in [0.2, 0.25) is 5.89 Å². The van der Waals surface area contributed by atoms with Crippen molar-refractivity contribution in [2.45, 2.75) is 38.7 Å². The summed E-state index contributed by atoms with van der Waals surface area (Å²) in [5.41, 5.74) is 0. The van der Waals surface area contributed by atoms with Crippen LogP contribution in [0.25, 0.3) is 0 Å². The highest BCUT2D eigenvalue weighted by Crippen LogP contribution is 2.13. The maximum absolute atomic E-state index is 12.1. The molecule has 1 N–H and O–H groups in total. The molecular weight excluding hydrogens is 300 g/mol. The number of likely N-dealkylation sites (tertiary alicyclic amines) is 1. The quantitative estimate of drug-likeness (QED) is 0.721. The lowest BCUT2D eigenvalue weighted by Crippen LogP contribution is -2.48. The molecule has 2 amide bonds. The maximum atomic E-state index is 12.1. The Kier molecular flexibility index (Phi) is 7.28. The Morgan fingerprint density at radius 2 is 2.35 bits per heavy atom. The Morgan fingerprint density at radius 3 is 3.09 bits per heavy atom.